The van der Waals surface area contributed by atoms with Crippen LogP contribution in [-0.4, -0.2) is 35.8 Å². The zero-order valence-electron chi connectivity index (χ0n) is 8.62. The van der Waals surface area contributed by atoms with Gasteiger partial charge in [0.2, 0.25) is 11.8 Å². The van der Waals surface area contributed by atoms with Gasteiger partial charge in [-0.2, -0.15) is 5.26 Å². The summed E-state index contributed by atoms with van der Waals surface area (Å²) in [6, 6.07) is 1.61. The average Bonchev–Trinajstić information content (AvgIpc) is 3.02. The van der Waals surface area contributed by atoms with Gasteiger partial charge in [0.1, 0.15) is 11.5 Å². The van der Waals surface area contributed by atoms with Crippen LogP contribution in [0.15, 0.2) is 0 Å². The fourth-order valence-corrected chi connectivity index (χ4v) is 1.83. The lowest BCUT2D eigenvalue weighted by Gasteiger charge is -2.34. The maximum absolute atomic E-state index is 12.0. The largest absolute Gasteiger partial charge is 0.353 e. The molecule has 0 aromatic rings. The van der Waals surface area contributed by atoms with E-state index in [2.05, 4.69) is 11.4 Å². The molecule has 2 aliphatic rings. The van der Waals surface area contributed by atoms with E-state index in [1.54, 1.807) is 6.92 Å². The quantitative estimate of drug-likeness (QED) is 0.638. The Bertz CT molecular complexity index is 354. The summed E-state index contributed by atoms with van der Waals surface area (Å²) in [5.74, 6) is -0.310. The van der Waals surface area contributed by atoms with Crippen LogP contribution in [0.5, 0.6) is 0 Å². The molecular formula is C10H13N3O2. The van der Waals surface area contributed by atoms with Crippen LogP contribution in [0, 0.1) is 16.7 Å². The van der Waals surface area contributed by atoms with Crippen LogP contribution >= 0.6 is 0 Å². The van der Waals surface area contributed by atoms with Gasteiger partial charge in [-0.1, -0.05) is 0 Å². The molecule has 0 aromatic heterocycles. The molecule has 1 saturated carbocycles. The van der Waals surface area contributed by atoms with E-state index in [-0.39, 0.29) is 11.8 Å². The Kier molecular flexibility index (Phi) is 2.14. The lowest BCUT2D eigenvalue weighted by molar-refractivity contribution is -0.145. The van der Waals surface area contributed by atoms with Crippen molar-refractivity contribution in [2.75, 3.05) is 13.1 Å². The van der Waals surface area contributed by atoms with Crippen LogP contribution < -0.4 is 5.32 Å². The first-order valence-electron chi connectivity index (χ1n) is 5.11. The highest BCUT2D eigenvalue weighted by Crippen LogP contribution is 2.46. The Hall–Kier alpha value is -1.57. The minimum atomic E-state index is -0.814. The van der Waals surface area contributed by atoms with Crippen LogP contribution in [-0.2, 0) is 9.59 Å². The van der Waals surface area contributed by atoms with E-state index >= 15 is 0 Å². The van der Waals surface area contributed by atoms with Gasteiger partial charge in [0.15, 0.2) is 0 Å². The maximum atomic E-state index is 12.0. The van der Waals surface area contributed by atoms with Crippen molar-refractivity contribution >= 4 is 11.8 Å². The number of nitrogens with zero attached hydrogens (tertiary/aromatic N) is 2. The number of carbonyl (C=O) groups is 2. The highest BCUT2D eigenvalue weighted by Gasteiger charge is 2.53. The second-order valence-electron chi connectivity index (χ2n) is 4.16. The SMILES string of the molecule is CC1C(=O)NCCN1C(=O)C1(C#N)CC1. The molecule has 1 heterocycles. The van der Waals surface area contributed by atoms with E-state index in [0.717, 1.165) is 0 Å². The van der Waals surface area contributed by atoms with Gasteiger partial charge in [0.25, 0.3) is 0 Å². The molecule has 1 unspecified atom stereocenters. The molecule has 0 radical (unpaired) electrons. The minimum absolute atomic E-state index is 0.136. The van der Waals surface area contributed by atoms with E-state index < -0.39 is 11.5 Å². The van der Waals surface area contributed by atoms with E-state index in [1.165, 1.54) is 4.90 Å². The molecule has 1 saturated heterocycles. The Morgan fingerprint density at radius 1 is 1.67 bits per heavy atom. The highest BCUT2D eigenvalue weighted by molar-refractivity contribution is 5.93. The lowest BCUT2D eigenvalue weighted by Crippen LogP contribution is -2.57. The van der Waals surface area contributed by atoms with Gasteiger partial charge in [-0.05, 0) is 19.8 Å². The summed E-state index contributed by atoms with van der Waals surface area (Å²) < 4.78 is 0. The van der Waals surface area contributed by atoms with E-state index in [1.807, 2.05) is 0 Å². The van der Waals surface area contributed by atoms with Gasteiger partial charge >= 0.3 is 0 Å². The third-order valence-corrected chi connectivity index (χ3v) is 3.13. The average molecular weight is 207 g/mol. The summed E-state index contributed by atoms with van der Waals surface area (Å²) in [4.78, 5) is 24.9. The molecule has 80 valence electrons. The van der Waals surface area contributed by atoms with Gasteiger partial charge in [0, 0.05) is 13.1 Å². The number of nitriles is 1. The predicted octanol–water partition coefficient (Wildman–Crippen LogP) is -0.363. The molecular weight excluding hydrogens is 194 g/mol. The van der Waals surface area contributed by atoms with E-state index in [9.17, 15) is 9.59 Å². The number of rotatable bonds is 1. The molecule has 2 amide bonds. The number of amides is 2. The highest BCUT2D eigenvalue weighted by atomic mass is 16.2. The lowest BCUT2D eigenvalue weighted by atomic mass is 10.1. The van der Waals surface area contributed by atoms with Crippen molar-refractivity contribution in [2.45, 2.75) is 25.8 Å². The zero-order valence-corrected chi connectivity index (χ0v) is 8.62. The van der Waals surface area contributed by atoms with Gasteiger partial charge < -0.3 is 10.2 Å². The number of hydrogen-bond donors (Lipinski definition) is 1. The number of piperazine rings is 1. The van der Waals surface area contributed by atoms with Crippen molar-refractivity contribution in [3.05, 3.63) is 0 Å². The third-order valence-electron chi connectivity index (χ3n) is 3.13. The first-order chi connectivity index (χ1) is 7.10. The van der Waals surface area contributed by atoms with Crippen molar-refractivity contribution in [3.63, 3.8) is 0 Å². The van der Waals surface area contributed by atoms with Crippen molar-refractivity contribution in [3.8, 4) is 6.07 Å². The van der Waals surface area contributed by atoms with E-state index in [0.29, 0.717) is 25.9 Å². The molecule has 5 nitrogen and oxygen atoms in total. The summed E-state index contributed by atoms with van der Waals surface area (Å²) in [7, 11) is 0. The third kappa shape index (κ3) is 1.46. The zero-order chi connectivity index (χ0) is 11.1. The van der Waals surface area contributed by atoms with Crippen molar-refractivity contribution < 1.29 is 9.59 Å². The van der Waals surface area contributed by atoms with Gasteiger partial charge in [-0.3, -0.25) is 9.59 Å². The van der Waals surface area contributed by atoms with Gasteiger partial charge in [-0.25, -0.2) is 0 Å². The summed E-state index contributed by atoms with van der Waals surface area (Å²) in [5, 5.41) is 11.6. The van der Waals surface area contributed by atoms with Crippen molar-refractivity contribution in [2.24, 2.45) is 5.41 Å². The molecule has 1 aliphatic heterocycles. The molecule has 1 atom stereocenters. The molecule has 2 fully saturated rings. The monoisotopic (exact) mass is 207 g/mol. The molecule has 0 aromatic carbocycles. The second kappa shape index (κ2) is 3.23. The van der Waals surface area contributed by atoms with Gasteiger partial charge in [-0.15, -0.1) is 0 Å². The molecule has 2 rings (SSSR count). The summed E-state index contributed by atoms with van der Waals surface area (Å²) in [6.45, 7) is 2.69. The fraction of sp³-hybridized carbons (Fsp3) is 0.700. The Morgan fingerprint density at radius 3 is 2.87 bits per heavy atom. The Balaban J connectivity index is 2.14. The van der Waals surface area contributed by atoms with Crippen LogP contribution in [0.2, 0.25) is 0 Å². The molecule has 5 heteroatoms. The summed E-state index contributed by atoms with van der Waals surface area (Å²) in [5.41, 5.74) is -0.814. The molecule has 15 heavy (non-hydrogen) atoms. The fourth-order valence-electron chi connectivity index (χ4n) is 1.83. The Morgan fingerprint density at radius 2 is 2.33 bits per heavy atom. The maximum Gasteiger partial charge on any atom is 0.243 e. The van der Waals surface area contributed by atoms with Gasteiger partial charge in [0.05, 0.1) is 6.07 Å². The topological polar surface area (TPSA) is 73.2 Å². The van der Waals surface area contributed by atoms with Crippen molar-refractivity contribution in [1.29, 1.82) is 5.26 Å². The molecule has 0 bridgehead atoms. The predicted molar refractivity (Wildman–Crippen MR) is 51.5 cm³/mol. The minimum Gasteiger partial charge on any atom is -0.353 e. The smallest absolute Gasteiger partial charge is 0.243 e. The van der Waals surface area contributed by atoms with Crippen LogP contribution in [0.1, 0.15) is 19.8 Å². The molecule has 1 aliphatic carbocycles. The first-order valence-corrected chi connectivity index (χ1v) is 5.11. The molecule has 1 N–H and O–H groups in total. The number of hydrogen-bond acceptors (Lipinski definition) is 3. The number of nitrogens with one attached hydrogen (secondary N) is 1. The summed E-state index contributed by atoms with van der Waals surface area (Å²) in [6.07, 6.45) is 1.26. The second-order valence-corrected chi connectivity index (χ2v) is 4.16. The van der Waals surface area contributed by atoms with Crippen LogP contribution in [0.25, 0.3) is 0 Å². The Labute approximate surface area is 88.0 Å². The number of carbonyl (C=O) groups excluding carboxylic acids is 2. The summed E-state index contributed by atoms with van der Waals surface area (Å²) >= 11 is 0. The first kappa shape index (κ1) is 9.97. The van der Waals surface area contributed by atoms with Crippen LogP contribution in [0.4, 0.5) is 0 Å². The standard InChI is InChI=1S/C10H13N3O2/c1-7-8(14)12-4-5-13(7)9(15)10(6-11)2-3-10/h7H,2-5H2,1H3,(H,12,14). The molecule has 0 spiro atoms. The normalized spacial score (nSPS) is 27.9. The van der Waals surface area contributed by atoms with E-state index in [4.69, 9.17) is 5.26 Å². The van der Waals surface area contributed by atoms with Crippen LogP contribution in [0.3, 0.4) is 0 Å². The van der Waals surface area contributed by atoms with Crippen molar-refractivity contribution in [1.82, 2.24) is 10.2 Å².